The maximum Gasteiger partial charge on any atom is 0.225 e. The third-order valence-corrected chi connectivity index (χ3v) is 4.65. The Balaban J connectivity index is 1.61. The zero-order chi connectivity index (χ0) is 14.7. The third kappa shape index (κ3) is 3.02. The van der Waals surface area contributed by atoms with E-state index >= 15 is 0 Å². The van der Waals surface area contributed by atoms with E-state index in [0.29, 0.717) is 5.91 Å². The Morgan fingerprint density at radius 2 is 1.95 bits per heavy atom. The maximum absolute atomic E-state index is 12.4. The van der Waals surface area contributed by atoms with Crippen LogP contribution in [0.2, 0.25) is 0 Å². The normalized spacial score (nSPS) is 20.0. The van der Waals surface area contributed by atoms with Crippen LogP contribution < -0.4 is 4.90 Å². The standard InChI is InChI=1S/C16H23N3O2/c20-12-14-11-17-6-3-15(14)18-9-4-13(5-10-18)16(21)19-7-1-2-8-19/h3,6,11,13,20H,1-2,4-5,7-10,12H2. The lowest BCUT2D eigenvalue weighted by Crippen LogP contribution is -2.41. The fourth-order valence-electron chi connectivity index (χ4n) is 3.41. The lowest BCUT2D eigenvalue weighted by Gasteiger charge is -2.35. The second-order valence-corrected chi connectivity index (χ2v) is 5.96. The van der Waals surface area contributed by atoms with E-state index in [-0.39, 0.29) is 12.5 Å². The van der Waals surface area contributed by atoms with Crippen LogP contribution in [0.4, 0.5) is 5.69 Å². The zero-order valence-electron chi connectivity index (χ0n) is 12.4. The summed E-state index contributed by atoms with van der Waals surface area (Å²) in [7, 11) is 0. The number of hydrogen-bond acceptors (Lipinski definition) is 4. The summed E-state index contributed by atoms with van der Waals surface area (Å²) < 4.78 is 0. The van der Waals surface area contributed by atoms with E-state index in [1.807, 2.05) is 11.0 Å². The molecule has 3 heterocycles. The van der Waals surface area contributed by atoms with Crippen molar-refractivity contribution >= 4 is 11.6 Å². The van der Waals surface area contributed by atoms with Crippen molar-refractivity contribution in [2.45, 2.75) is 32.3 Å². The molecule has 2 aliphatic heterocycles. The lowest BCUT2D eigenvalue weighted by atomic mass is 9.94. The predicted octanol–water partition coefficient (Wildman–Crippen LogP) is 1.41. The van der Waals surface area contributed by atoms with E-state index in [1.165, 1.54) is 0 Å². The molecule has 1 N–H and O–H groups in total. The maximum atomic E-state index is 12.4. The molecular formula is C16H23N3O2. The van der Waals surface area contributed by atoms with Gasteiger partial charge in [-0.1, -0.05) is 0 Å². The molecule has 5 nitrogen and oxygen atoms in total. The predicted molar refractivity (Wildman–Crippen MR) is 80.9 cm³/mol. The molecule has 0 aliphatic carbocycles. The van der Waals surface area contributed by atoms with Crippen LogP contribution in [-0.2, 0) is 11.4 Å². The number of piperidine rings is 1. The monoisotopic (exact) mass is 289 g/mol. The molecule has 0 radical (unpaired) electrons. The van der Waals surface area contributed by atoms with Gasteiger partial charge in [0, 0.05) is 55.7 Å². The first-order valence-corrected chi connectivity index (χ1v) is 7.87. The van der Waals surface area contributed by atoms with Gasteiger partial charge in [-0.25, -0.2) is 0 Å². The summed E-state index contributed by atoms with van der Waals surface area (Å²) in [5, 5.41) is 9.41. The smallest absolute Gasteiger partial charge is 0.225 e. The highest BCUT2D eigenvalue weighted by atomic mass is 16.3. The highest BCUT2D eigenvalue weighted by molar-refractivity contribution is 5.79. The van der Waals surface area contributed by atoms with Gasteiger partial charge in [0.05, 0.1) is 6.61 Å². The molecule has 0 saturated carbocycles. The Kier molecular flexibility index (Phi) is 4.39. The van der Waals surface area contributed by atoms with Crippen LogP contribution in [0.1, 0.15) is 31.2 Å². The van der Waals surface area contributed by atoms with E-state index in [4.69, 9.17) is 0 Å². The van der Waals surface area contributed by atoms with Crippen molar-refractivity contribution in [1.82, 2.24) is 9.88 Å². The molecular weight excluding hydrogens is 266 g/mol. The van der Waals surface area contributed by atoms with Crippen LogP contribution in [0.3, 0.4) is 0 Å². The number of likely N-dealkylation sites (tertiary alicyclic amines) is 1. The number of carbonyl (C=O) groups is 1. The molecule has 3 rings (SSSR count). The highest BCUT2D eigenvalue weighted by Crippen LogP contribution is 2.27. The number of pyridine rings is 1. The Hall–Kier alpha value is -1.62. The molecule has 0 aromatic carbocycles. The van der Waals surface area contributed by atoms with Crippen molar-refractivity contribution < 1.29 is 9.90 Å². The summed E-state index contributed by atoms with van der Waals surface area (Å²) in [4.78, 5) is 20.8. The topological polar surface area (TPSA) is 56.7 Å². The zero-order valence-corrected chi connectivity index (χ0v) is 12.4. The number of aliphatic hydroxyl groups excluding tert-OH is 1. The molecule has 21 heavy (non-hydrogen) atoms. The second kappa shape index (κ2) is 6.43. The highest BCUT2D eigenvalue weighted by Gasteiger charge is 2.30. The molecule has 0 unspecified atom stereocenters. The first-order chi connectivity index (χ1) is 10.3. The summed E-state index contributed by atoms with van der Waals surface area (Å²) >= 11 is 0. The Morgan fingerprint density at radius 1 is 1.24 bits per heavy atom. The minimum atomic E-state index is 0.00973. The number of amides is 1. The SMILES string of the molecule is O=C(C1CCN(c2ccncc2CO)CC1)N1CCCC1. The summed E-state index contributed by atoms with van der Waals surface area (Å²) in [6.45, 7) is 3.65. The molecule has 0 spiro atoms. The van der Waals surface area contributed by atoms with E-state index in [1.54, 1.807) is 12.4 Å². The van der Waals surface area contributed by atoms with Crippen molar-refractivity contribution in [3.8, 4) is 0 Å². The molecule has 5 heteroatoms. The van der Waals surface area contributed by atoms with Crippen molar-refractivity contribution in [2.75, 3.05) is 31.1 Å². The minimum absolute atomic E-state index is 0.00973. The molecule has 2 fully saturated rings. The van der Waals surface area contributed by atoms with E-state index in [9.17, 15) is 9.90 Å². The average Bonchev–Trinajstić information content (AvgIpc) is 3.09. The molecule has 0 bridgehead atoms. The van der Waals surface area contributed by atoms with Crippen molar-refractivity contribution in [3.05, 3.63) is 24.0 Å². The summed E-state index contributed by atoms with van der Waals surface area (Å²) in [5.41, 5.74) is 1.92. The fraction of sp³-hybridized carbons (Fsp3) is 0.625. The quantitative estimate of drug-likeness (QED) is 0.914. The Bertz CT molecular complexity index is 492. The number of aliphatic hydroxyl groups is 1. The van der Waals surface area contributed by atoms with Gasteiger partial charge in [0.2, 0.25) is 5.91 Å². The molecule has 114 valence electrons. The van der Waals surface area contributed by atoms with Crippen molar-refractivity contribution in [3.63, 3.8) is 0 Å². The van der Waals surface area contributed by atoms with E-state index < -0.39 is 0 Å². The Labute approximate surface area is 125 Å². The fourth-order valence-corrected chi connectivity index (χ4v) is 3.41. The number of nitrogens with zero attached hydrogens (tertiary/aromatic N) is 3. The van der Waals surface area contributed by atoms with Gasteiger partial charge in [0.15, 0.2) is 0 Å². The van der Waals surface area contributed by atoms with Crippen LogP contribution in [0.5, 0.6) is 0 Å². The summed E-state index contributed by atoms with van der Waals surface area (Å²) in [5.74, 6) is 0.531. The lowest BCUT2D eigenvalue weighted by molar-refractivity contribution is -0.135. The van der Waals surface area contributed by atoms with Gasteiger partial charge in [-0.15, -0.1) is 0 Å². The second-order valence-electron chi connectivity index (χ2n) is 5.96. The van der Waals surface area contributed by atoms with Crippen LogP contribution in [-0.4, -0.2) is 47.1 Å². The van der Waals surface area contributed by atoms with Crippen LogP contribution >= 0.6 is 0 Å². The minimum Gasteiger partial charge on any atom is -0.392 e. The van der Waals surface area contributed by atoms with E-state index in [0.717, 1.165) is 63.1 Å². The van der Waals surface area contributed by atoms with Crippen molar-refractivity contribution in [2.24, 2.45) is 5.92 Å². The van der Waals surface area contributed by atoms with Crippen LogP contribution in [0.25, 0.3) is 0 Å². The van der Waals surface area contributed by atoms with Gasteiger partial charge in [0.25, 0.3) is 0 Å². The Morgan fingerprint density at radius 3 is 2.62 bits per heavy atom. The van der Waals surface area contributed by atoms with Crippen LogP contribution in [0, 0.1) is 5.92 Å². The first kappa shape index (κ1) is 14.3. The summed E-state index contributed by atoms with van der Waals surface area (Å²) in [6, 6.07) is 1.95. The van der Waals surface area contributed by atoms with Gasteiger partial charge in [0.1, 0.15) is 0 Å². The van der Waals surface area contributed by atoms with Crippen molar-refractivity contribution in [1.29, 1.82) is 0 Å². The van der Waals surface area contributed by atoms with E-state index in [2.05, 4.69) is 9.88 Å². The number of hydrogen-bond donors (Lipinski definition) is 1. The molecule has 2 saturated heterocycles. The first-order valence-electron chi connectivity index (χ1n) is 7.87. The van der Waals surface area contributed by atoms with Gasteiger partial charge in [-0.3, -0.25) is 9.78 Å². The molecule has 1 aromatic rings. The van der Waals surface area contributed by atoms with Gasteiger partial charge in [-0.05, 0) is 31.7 Å². The third-order valence-electron chi connectivity index (χ3n) is 4.65. The van der Waals surface area contributed by atoms with Gasteiger partial charge < -0.3 is 14.9 Å². The number of rotatable bonds is 3. The number of aromatic nitrogens is 1. The molecule has 1 amide bonds. The largest absolute Gasteiger partial charge is 0.392 e. The summed E-state index contributed by atoms with van der Waals surface area (Å²) in [6.07, 6.45) is 7.60. The van der Waals surface area contributed by atoms with Crippen LogP contribution in [0.15, 0.2) is 18.5 Å². The average molecular weight is 289 g/mol. The molecule has 1 aromatic heterocycles. The van der Waals surface area contributed by atoms with Gasteiger partial charge >= 0.3 is 0 Å². The van der Waals surface area contributed by atoms with Gasteiger partial charge in [-0.2, -0.15) is 0 Å². The molecule has 2 aliphatic rings. The molecule has 0 atom stereocenters. The number of anilines is 1. The number of carbonyl (C=O) groups excluding carboxylic acids is 1.